The summed E-state index contributed by atoms with van der Waals surface area (Å²) in [5, 5.41) is 23.5. The number of amides is 4. The van der Waals surface area contributed by atoms with Crippen LogP contribution in [-0.2, 0) is 35.8 Å². The first-order valence-electron chi connectivity index (χ1n) is 21.8. The number of anilines is 3. The molecule has 23 heteroatoms. The highest BCUT2D eigenvalue weighted by Gasteiger charge is 2.23. The van der Waals surface area contributed by atoms with E-state index < -0.39 is 29.6 Å². The Morgan fingerprint density at radius 3 is 2.04 bits per heavy atom. The molecule has 4 aromatic heterocycles. The van der Waals surface area contributed by atoms with Gasteiger partial charge < -0.3 is 45.8 Å². The number of benzene rings is 2. The molecule has 0 spiro atoms. The number of hydrogen-bond acceptors (Lipinski definition) is 14. The van der Waals surface area contributed by atoms with Crippen molar-refractivity contribution in [1.29, 1.82) is 0 Å². The third-order valence-electron chi connectivity index (χ3n) is 10.5. The molecule has 362 valence electrons. The molecule has 0 aliphatic rings. The number of methoxy groups -OCH3 is 1. The van der Waals surface area contributed by atoms with Gasteiger partial charge in [-0.15, -0.1) is 0 Å². The van der Waals surface area contributed by atoms with Crippen LogP contribution in [0.2, 0.25) is 0 Å². The van der Waals surface area contributed by atoms with Gasteiger partial charge in [-0.25, -0.2) is 9.97 Å². The number of nitrogens with one attached hydrogen (secondary N) is 2. The van der Waals surface area contributed by atoms with E-state index in [1.54, 1.807) is 87.9 Å². The van der Waals surface area contributed by atoms with E-state index in [0.29, 0.717) is 59.8 Å². The van der Waals surface area contributed by atoms with Crippen LogP contribution in [0, 0.1) is 6.92 Å². The number of carboxylic acid groups (broad SMARTS) is 1. The molecule has 0 aliphatic carbocycles. The van der Waals surface area contributed by atoms with Crippen molar-refractivity contribution in [2.45, 2.75) is 60.3 Å². The zero-order valence-corrected chi connectivity index (χ0v) is 39.1. The molecule has 9 N–H and O–H groups in total. The van der Waals surface area contributed by atoms with Gasteiger partial charge in [0.1, 0.15) is 40.5 Å². The third-order valence-corrected chi connectivity index (χ3v) is 10.5. The van der Waals surface area contributed by atoms with E-state index in [1.165, 1.54) is 37.5 Å². The normalized spacial score (nSPS) is 12.1. The minimum Gasteiger partial charge on any atom is -0.494 e. The summed E-state index contributed by atoms with van der Waals surface area (Å²) in [5.74, 6) is -2.63. The number of hydrogen-bond donors (Lipinski definition) is 6. The Kier molecular flexibility index (Phi) is 15.9. The summed E-state index contributed by atoms with van der Waals surface area (Å²) in [6.45, 7) is 8.75. The Morgan fingerprint density at radius 2 is 1.46 bits per heavy atom. The Morgan fingerprint density at radius 1 is 0.855 bits per heavy atom. The summed E-state index contributed by atoms with van der Waals surface area (Å²) >= 11 is 0. The second kappa shape index (κ2) is 22.2. The quantitative estimate of drug-likeness (QED) is 0.0395. The number of allylic oxidation sites excluding steroid dienone is 4. The second-order valence-electron chi connectivity index (χ2n) is 15.6. The number of rotatable bonds is 23. The minimum absolute atomic E-state index is 0.0127. The molecule has 4 heterocycles. The molecule has 23 nitrogen and oxygen atoms in total. The first kappa shape index (κ1) is 49.7. The number of ether oxygens (including phenoxy) is 2. The van der Waals surface area contributed by atoms with Crippen molar-refractivity contribution in [2.24, 2.45) is 22.2 Å². The van der Waals surface area contributed by atoms with E-state index in [4.69, 9.17) is 36.8 Å². The number of aliphatic carboxylic acids is 1. The van der Waals surface area contributed by atoms with Crippen LogP contribution in [0.25, 0.3) is 22.1 Å². The number of carboxylic acids is 1. The summed E-state index contributed by atoms with van der Waals surface area (Å²) in [5.41, 5.74) is 21.3. The average molecular weight is 946 g/mol. The van der Waals surface area contributed by atoms with Crippen LogP contribution in [0.4, 0.5) is 17.6 Å². The van der Waals surface area contributed by atoms with E-state index >= 15 is 0 Å². The van der Waals surface area contributed by atoms with Crippen molar-refractivity contribution in [3.8, 4) is 11.5 Å². The van der Waals surface area contributed by atoms with Gasteiger partial charge in [-0.1, -0.05) is 18.2 Å². The number of carbonyl (C=O) groups is 5. The van der Waals surface area contributed by atoms with Gasteiger partial charge in [-0.3, -0.25) is 49.0 Å². The summed E-state index contributed by atoms with van der Waals surface area (Å²) in [6, 6.07) is 7.66. The molecular formula is C46H55N15O8. The van der Waals surface area contributed by atoms with Crippen molar-refractivity contribution in [1.82, 2.24) is 38.7 Å². The Labute approximate surface area is 395 Å². The third kappa shape index (κ3) is 12.0. The van der Waals surface area contributed by atoms with E-state index in [2.05, 4.69) is 30.8 Å². The van der Waals surface area contributed by atoms with Crippen molar-refractivity contribution in [2.75, 3.05) is 49.4 Å². The van der Waals surface area contributed by atoms with Crippen LogP contribution in [0.15, 0.2) is 83.8 Å². The Bertz CT molecular complexity index is 3040. The fourth-order valence-corrected chi connectivity index (χ4v) is 7.22. The van der Waals surface area contributed by atoms with Crippen LogP contribution >= 0.6 is 0 Å². The average Bonchev–Trinajstić information content (AvgIpc) is 4.10. The highest BCUT2D eigenvalue weighted by Crippen LogP contribution is 2.33. The number of carbonyl (C=O) groups excluding carboxylic acids is 4. The predicted molar refractivity (Wildman–Crippen MR) is 260 cm³/mol. The lowest BCUT2D eigenvalue weighted by molar-refractivity contribution is -0.136. The monoisotopic (exact) mass is 945 g/mol. The zero-order valence-electron chi connectivity index (χ0n) is 39.1. The molecule has 2 aromatic carbocycles. The number of nitrogens with two attached hydrogens (primary N) is 3. The number of aryl methyl sites for hydroxylation is 2. The lowest BCUT2D eigenvalue weighted by Crippen LogP contribution is -2.24. The van der Waals surface area contributed by atoms with E-state index in [1.807, 2.05) is 13.0 Å². The first-order chi connectivity index (χ1) is 33.0. The number of primary amides is 2. The van der Waals surface area contributed by atoms with Gasteiger partial charge in [-0.2, -0.15) is 10.2 Å². The maximum atomic E-state index is 13.7. The molecule has 0 saturated carbocycles. The van der Waals surface area contributed by atoms with Gasteiger partial charge in [0.05, 0.1) is 48.7 Å². The summed E-state index contributed by atoms with van der Waals surface area (Å²) in [7, 11) is 3.23. The summed E-state index contributed by atoms with van der Waals surface area (Å²) < 4.78 is 18.6. The molecule has 6 aromatic rings. The SMILES string of the molecule is CCN=C(/C=C(/C)N)C(=O)Nc1nc2cc(C(N)=O)cc(OC/C=C/Cn3cc(N(C)CCC(=O)O)cn3)c2n1C/C=C/Cn1c(NC(=O)c2cc(C)nn2CC)nc2cc(C(N)=O)cc(OC)c21. The van der Waals surface area contributed by atoms with Crippen LogP contribution in [0.1, 0.15) is 64.1 Å². The van der Waals surface area contributed by atoms with Crippen molar-refractivity contribution in [3.05, 3.63) is 101 Å². The topological polar surface area (TPSA) is 313 Å². The van der Waals surface area contributed by atoms with Gasteiger partial charge >= 0.3 is 5.97 Å². The van der Waals surface area contributed by atoms with E-state index in [9.17, 15) is 24.0 Å². The Hall–Kier alpha value is -8.76. The maximum Gasteiger partial charge on any atom is 0.305 e. The number of aliphatic imine (C=N–C) groups is 1. The van der Waals surface area contributed by atoms with Crippen LogP contribution in [0.5, 0.6) is 11.5 Å². The fourth-order valence-electron chi connectivity index (χ4n) is 7.22. The van der Waals surface area contributed by atoms with Crippen LogP contribution in [-0.4, -0.2) is 113 Å². The van der Waals surface area contributed by atoms with Gasteiger partial charge in [0.25, 0.3) is 11.8 Å². The summed E-state index contributed by atoms with van der Waals surface area (Å²) in [4.78, 5) is 78.9. The molecule has 0 aliphatic heterocycles. The molecular weight excluding hydrogens is 891 g/mol. The van der Waals surface area contributed by atoms with Gasteiger partial charge in [-0.05, 0) is 70.2 Å². The summed E-state index contributed by atoms with van der Waals surface area (Å²) in [6.07, 6.45) is 12.1. The molecule has 6 rings (SSSR count). The molecule has 69 heavy (non-hydrogen) atoms. The van der Waals surface area contributed by atoms with E-state index in [-0.39, 0.29) is 71.9 Å². The lowest BCUT2D eigenvalue weighted by Gasteiger charge is -2.14. The maximum absolute atomic E-state index is 13.7. The van der Waals surface area contributed by atoms with E-state index in [0.717, 1.165) is 5.69 Å². The smallest absolute Gasteiger partial charge is 0.305 e. The van der Waals surface area contributed by atoms with Crippen molar-refractivity contribution in [3.63, 3.8) is 0 Å². The zero-order chi connectivity index (χ0) is 49.9. The lowest BCUT2D eigenvalue weighted by atomic mass is 10.1. The van der Waals surface area contributed by atoms with Gasteiger partial charge in [0, 0.05) is 62.8 Å². The van der Waals surface area contributed by atoms with Crippen molar-refractivity contribution >= 4 is 75.0 Å². The van der Waals surface area contributed by atoms with Crippen LogP contribution in [0.3, 0.4) is 0 Å². The largest absolute Gasteiger partial charge is 0.494 e. The van der Waals surface area contributed by atoms with Crippen LogP contribution < -0.4 is 42.2 Å². The van der Waals surface area contributed by atoms with Gasteiger partial charge in [0.2, 0.25) is 23.7 Å². The molecule has 0 unspecified atom stereocenters. The number of aromatic nitrogens is 8. The minimum atomic E-state index is -0.893. The highest BCUT2D eigenvalue weighted by molar-refractivity contribution is 6.47. The van der Waals surface area contributed by atoms with Gasteiger partial charge in [0.15, 0.2) is 0 Å². The molecule has 4 amide bonds. The Balaban J connectivity index is 1.35. The molecule has 0 bridgehead atoms. The molecule has 0 radical (unpaired) electrons. The second-order valence-corrected chi connectivity index (χ2v) is 15.6. The number of imidazole rings is 2. The molecule has 0 atom stereocenters. The highest BCUT2D eigenvalue weighted by atomic mass is 16.5. The standard InChI is InChI=1S/C46H55N15O8/c1-7-50-34(19-27(3)47)43(66)54-45-53-33-22-30(42(49)65)24-37(69-18-12-11-14-58-26-31(25-51-58)57(5)17-13-38(62)63)40(33)60(45)16-10-9-15-59-39-32(21-29(41(48)64)23-36(39)68-6)52-46(59)55-44(67)35-20-28(4)56-61(35)8-2/h9-12,19-26H,7-8,13-18,47H2,1-6H3,(H2,48,64)(H2,49,65)(H,62,63)(H,52,55,67)(H,53,54,66)/b10-9+,12-11+,27-19-,50-34?. The predicted octanol–water partition coefficient (Wildman–Crippen LogP) is 3.63. The van der Waals surface area contributed by atoms with Crippen molar-refractivity contribution < 1.29 is 38.6 Å². The number of nitrogens with zero attached hydrogens (tertiary/aromatic N) is 10. The number of fused-ring (bicyclic) bond motifs is 2. The molecule has 0 fully saturated rings. The fraction of sp³-hybridized carbons (Fsp3) is 0.304. The first-order valence-corrected chi connectivity index (χ1v) is 21.8. The molecule has 0 saturated heterocycles.